The topological polar surface area (TPSA) is 0 Å². The van der Waals surface area contributed by atoms with Gasteiger partial charge in [-0.3, -0.25) is 0 Å². The van der Waals surface area contributed by atoms with Gasteiger partial charge in [0.2, 0.25) is 0 Å². The molecule has 1 aliphatic carbocycles. The summed E-state index contributed by atoms with van der Waals surface area (Å²) >= 11 is 12.2. The van der Waals surface area contributed by atoms with Crippen molar-refractivity contribution in [2.75, 3.05) is 0 Å². The van der Waals surface area contributed by atoms with Crippen molar-refractivity contribution in [1.29, 1.82) is 0 Å². The van der Waals surface area contributed by atoms with Crippen LogP contribution in [-0.2, 0) is 32.3 Å². The molecule has 0 saturated heterocycles. The van der Waals surface area contributed by atoms with Crippen LogP contribution in [0.15, 0.2) is 72.8 Å². The molecule has 3 aromatic rings. The Hall–Kier alpha value is -0.760. The Morgan fingerprint density at radius 3 is 1.97 bits per heavy atom. The molecule has 4 rings (SSSR count). The van der Waals surface area contributed by atoms with Gasteiger partial charge in [-0.05, 0) is 31.1 Å². The molecule has 1 aliphatic rings. The first-order chi connectivity index (χ1) is 13.8. The van der Waals surface area contributed by atoms with E-state index in [0.717, 1.165) is 19.3 Å². The molecule has 3 aromatic carbocycles. The fraction of sp³-hybridized carbons (Fsp3) is 0.370. The SMILES string of the molecule is CC(C)CC(Cl)(Cl)CC(C)C.[Hf].[c-]1cccc2c1Cc1ccccc1-2.c1cc[cH-]c1. The monoisotopic (exact) mass is 606 g/mol. The number of alkyl halides is 2. The van der Waals surface area contributed by atoms with Gasteiger partial charge < -0.3 is 0 Å². The second-order valence-corrected chi connectivity index (χ2v) is 10.1. The summed E-state index contributed by atoms with van der Waals surface area (Å²) in [6.07, 6.45) is 2.81. The summed E-state index contributed by atoms with van der Waals surface area (Å²) in [5.74, 6) is 1.15. The maximum absolute atomic E-state index is 6.09. The first kappa shape index (κ1) is 27.3. The first-order valence-corrected chi connectivity index (χ1v) is 11.2. The number of benzene rings is 2. The van der Waals surface area contributed by atoms with Crippen molar-refractivity contribution in [3.8, 4) is 11.1 Å². The van der Waals surface area contributed by atoms with Crippen LogP contribution in [0.3, 0.4) is 0 Å². The molecule has 0 unspecified atom stereocenters. The van der Waals surface area contributed by atoms with E-state index in [9.17, 15) is 0 Å². The molecular weight excluding hydrogens is 574 g/mol. The summed E-state index contributed by atoms with van der Waals surface area (Å²) in [6.45, 7) is 8.55. The van der Waals surface area contributed by atoms with E-state index < -0.39 is 4.33 Å². The summed E-state index contributed by atoms with van der Waals surface area (Å²) in [6, 6.07) is 28.1. The third kappa shape index (κ3) is 9.58. The quantitative estimate of drug-likeness (QED) is 0.124. The van der Waals surface area contributed by atoms with Crippen LogP contribution in [0.5, 0.6) is 0 Å². The summed E-state index contributed by atoms with van der Waals surface area (Å²) in [7, 11) is 0. The molecule has 30 heavy (non-hydrogen) atoms. The summed E-state index contributed by atoms with van der Waals surface area (Å²) in [5.41, 5.74) is 5.51. The molecule has 0 amide bonds. The van der Waals surface area contributed by atoms with E-state index in [1.807, 2.05) is 36.4 Å². The van der Waals surface area contributed by atoms with Crippen molar-refractivity contribution < 1.29 is 25.8 Å². The molecule has 0 saturated carbocycles. The zero-order valence-electron chi connectivity index (χ0n) is 18.5. The average molecular weight is 606 g/mol. The van der Waals surface area contributed by atoms with Gasteiger partial charge in [-0.1, -0.05) is 63.1 Å². The molecule has 160 valence electrons. The summed E-state index contributed by atoms with van der Waals surface area (Å²) < 4.78 is -0.512. The average Bonchev–Trinajstić information content (AvgIpc) is 3.31. The van der Waals surface area contributed by atoms with E-state index in [1.165, 1.54) is 22.3 Å². The largest absolute Gasteiger partial charge is 0.214 e. The third-order valence-electron chi connectivity index (χ3n) is 4.59. The summed E-state index contributed by atoms with van der Waals surface area (Å²) in [4.78, 5) is 0. The Morgan fingerprint density at radius 2 is 1.43 bits per heavy atom. The molecule has 0 atom stereocenters. The van der Waals surface area contributed by atoms with Crippen LogP contribution in [0.2, 0.25) is 0 Å². The van der Waals surface area contributed by atoms with Crippen molar-refractivity contribution in [3.05, 3.63) is 90.0 Å². The molecule has 0 heterocycles. The van der Waals surface area contributed by atoms with E-state index in [0.29, 0.717) is 11.8 Å². The maximum Gasteiger partial charge on any atom is 0.118 e. The standard InChI is InChI=1S/C13H9.C9H18Cl2.C5H5.Hf/c1-3-7-12-10(5-1)9-11-6-2-4-8-13(11)12;1-7(2)5-9(10,11)6-8(3)4;1-2-4-5-3-1;/h1-5,7-8H,9H2;7-8H,5-6H2,1-4H3;1-5H;/q-1;;-1;. The third-order valence-corrected chi connectivity index (χ3v) is 5.20. The second-order valence-electron chi connectivity index (χ2n) is 8.41. The van der Waals surface area contributed by atoms with Crippen molar-refractivity contribution >= 4 is 23.2 Å². The normalized spacial score (nSPS) is 11.5. The first-order valence-electron chi connectivity index (χ1n) is 10.4. The van der Waals surface area contributed by atoms with Gasteiger partial charge in [-0.2, -0.15) is 48.0 Å². The van der Waals surface area contributed by atoms with Crippen LogP contribution in [-0.4, -0.2) is 4.33 Å². The number of halogens is 2. The van der Waals surface area contributed by atoms with E-state index in [1.54, 1.807) is 0 Å². The van der Waals surface area contributed by atoms with Crippen LogP contribution < -0.4 is 0 Å². The van der Waals surface area contributed by atoms with Crippen LogP contribution in [0, 0.1) is 17.9 Å². The number of fused-ring (bicyclic) bond motifs is 3. The molecule has 0 N–H and O–H groups in total. The van der Waals surface area contributed by atoms with Crippen molar-refractivity contribution in [2.45, 2.75) is 51.3 Å². The molecule has 0 bridgehead atoms. The van der Waals surface area contributed by atoms with Gasteiger partial charge in [0.25, 0.3) is 0 Å². The van der Waals surface area contributed by atoms with Gasteiger partial charge in [0.05, 0.1) is 0 Å². The van der Waals surface area contributed by atoms with Gasteiger partial charge >= 0.3 is 0 Å². The van der Waals surface area contributed by atoms with Gasteiger partial charge in [-0.25, -0.2) is 12.1 Å². The van der Waals surface area contributed by atoms with Crippen molar-refractivity contribution in [1.82, 2.24) is 0 Å². The minimum absolute atomic E-state index is 0. The van der Waals surface area contributed by atoms with E-state index in [-0.39, 0.29) is 25.8 Å². The molecule has 0 nitrogen and oxygen atoms in total. The van der Waals surface area contributed by atoms with Gasteiger partial charge in [0.15, 0.2) is 0 Å². The molecule has 0 spiro atoms. The Labute approximate surface area is 212 Å². The number of hydrogen-bond acceptors (Lipinski definition) is 0. The minimum Gasteiger partial charge on any atom is -0.214 e. The Balaban J connectivity index is 0.000000241. The molecule has 0 radical (unpaired) electrons. The maximum atomic E-state index is 6.09. The van der Waals surface area contributed by atoms with Gasteiger partial charge in [0, 0.05) is 25.8 Å². The summed E-state index contributed by atoms with van der Waals surface area (Å²) in [5, 5.41) is 0. The minimum atomic E-state index is -0.512. The van der Waals surface area contributed by atoms with E-state index >= 15 is 0 Å². The Morgan fingerprint density at radius 1 is 0.867 bits per heavy atom. The van der Waals surface area contributed by atoms with E-state index in [4.69, 9.17) is 23.2 Å². The predicted octanol–water partition coefficient (Wildman–Crippen LogP) is 8.71. The number of rotatable bonds is 4. The fourth-order valence-corrected chi connectivity index (χ4v) is 4.83. The van der Waals surface area contributed by atoms with Crippen molar-refractivity contribution in [2.24, 2.45) is 11.8 Å². The molecule has 0 fully saturated rings. The predicted molar refractivity (Wildman–Crippen MR) is 129 cm³/mol. The second kappa shape index (κ2) is 13.6. The molecule has 3 heteroatoms. The fourth-order valence-electron chi connectivity index (χ4n) is 3.60. The Bertz CT molecular complexity index is 763. The molecule has 0 aromatic heterocycles. The number of hydrogen-bond donors (Lipinski definition) is 0. The Kier molecular flexibility index (Phi) is 12.4. The van der Waals surface area contributed by atoms with Gasteiger partial charge in [-0.15, -0.1) is 28.8 Å². The van der Waals surface area contributed by atoms with Gasteiger partial charge in [0.1, 0.15) is 4.33 Å². The smallest absolute Gasteiger partial charge is 0.118 e. The van der Waals surface area contributed by atoms with Crippen LogP contribution in [0.25, 0.3) is 11.1 Å². The van der Waals surface area contributed by atoms with E-state index in [2.05, 4.69) is 70.2 Å². The zero-order valence-corrected chi connectivity index (χ0v) is 23.6. The van der Waals surface area contributed by atoms with Crippen molar-refractivity contribution in [3.63, 3.8) is 0 Å². The zero-order chi connectivity index (χ0) is 21.3. The van der Waals surface area contributed by atoms with Crippen LogP contribution >= 0.6 is 23.2 Å². The van der Waals surface area contributed by atoms with Crippen LogP contribution in [0.1, 0.15) is 51.7 Å². The molecule has 0 aliphatic heterocycles. The molecular formula is C27H32Cl2Hf-2. The van der Waals surface area contributed by atoms with Crippen LogP contribution in [0.4, 0.5) is 0 Å².